The number of carbonyl (C=O) groups excluding carboxylic acids is 1. The lowest BCUT2D eigenvalue weighted by atomic mass is 10.1. The van der Waals surface area contributed by atoms with Gasteiger partial charge in [0, 0.05) is 30.4 Å². The number of carbonyl (C=O) groups is 1. The predicted octanol–water partition coefficient (Wildman–Crippen LogP) is 2.72. The van der Waals surface area contributed by atoms with Crippen LogP contribution in [0.4, 0.5) is 11.4 Å². The standard InChI is InChI=1S/C15H25N3O/c1-4-5-12(2)18(3)11-10-15(19)17-14-8-6-13(16)7-9-14/h6-9,12H,4-5,10-11,16H2,1-3H3,(H,17,19). The Kier molecular flexibility index (Phi) is 6.36. The van der Waals surface area contributed by atoms with Crippen molar-refractivity contribution in [1.82, 2.24) is 4.90 Å². The fraction of sp³-hybridized carbons (Fsp3) is 0.533. The number of hydrogen-bond acceptors (Lipinski definition) is 3. The average molecular weight is 263 g/mol. The van der Waals surface area contributed by atoms with Gasteiger partial charge in [-0.25, -0.2) is 0 Å². The number of rotatable bonds is 7. The van der Waals surface area contributed by atoms with E-state index in [-0.39, 0.29) is 5.91 Å². The van der Waals surface area contributed by atoms with E-state index in [9.17, 15) is 4.79 Å². The molecule has 0 spiro atoms. The zero-order valence-corrected chi connectivity index (χ0v) is 12.1. The summed E-state index contributed by atoms with van der Waals surface area (Å²) in [6.07, 6.45) is 2.84. The van der Waals surface area contributed by atoms with Gasteiger partial charge in [0.2, 0.25) is 5.91 Å². The first kappa shape index (κ1) is 15.5. The number of nitrogens with zero attached hydrogens (tertiary/aromatic N) is 1. The number of nitrogens with two attached hydrogens (primary N) is 1. The highest BCUT2D eigenvalue weighted by Crippen LogP contribution is 2.11. The van der Waals surface area contributed by atoms with Crippen molar-refractivity contribution >= 4 is 17.3 Å². The van der Waals surface area contributed by atoms with Crippen molar-refractivity contribution in [3.05, 3.63) is 24.3 Å². The number of hydrogen-bond donors (Lipinski definition) is 2. The fourth-order valence-electron chi connectivity index (χ4n) is 1.93. The first-order valence-electron chi connectivity index (χ1n) is 6.88. The molecule has 106 valence electrons. The van der Waals surface area contributed by atoms with Crippen LogP contribution in [0.15, 0.2) is 24.3 Å². The molecule has 0 bridgehead atoms. The van der Waals surface area contributed by atoms with Crippen molar-refractivity contribution in [1.29, 1.82) is 0 Å². The largest absolute Gasteiger partial charge is 0.399 e. The van der Waals surface area contributed by atoms with Gasteiger partial charge in [0.1, 0.15) is 0 Å². The summed E-state index contributed by atoms with van der Waals surface area (Å²) in [6, 6.07) is 7.72. The van der Waals surface area contributed by atoms with Crippen LogP contribution in [0.2, 0.25) is 0 Å². The third-order valence-corrected chi connectivity index (χ3v) is 3.34. The molecule has 0 saturated carbocycles. The van der Waals surface area contributed by atoms with E-state index in [0.717, 1.165) is 18.7 Å². The molecule has 0 aliphatic carbocycles. The molecular weight excluding hydrogens is 238 g/mol. The first-order chi connectivity index (χ1) is 9.02. The second-order valence-corrected chi connectivity index (χ2v) is 5.04. The van der Waals surface area contributed by atoms with Gasteiger partial charge < -0.3 is 16.0 Å². The van der Waals surface area contributed by atoms with Gasteiger partial charge in [0.15, 0.2) is 0 Å². The molecule has 0 aromatic heterocycles. The Balaban J connectivity index is 2.33. The molecule has 1 rings (SSSR count). The van der Waals surface area contributed by atoms with Crippen LogP contribution in [-0.2, 0) is 4.79 Å². The van der Waals surface area contributed by atoms with Gasteiger partial charge in [-0.15, -0.1) is 0 Å². The molecule has 1 unspecified atom stereocenters. The zero-order chi connectivity index (χ0) is 14.3. The molecule has 1 aromatic carbocycles. The van der Waals surface area contributed by atoms with Crippen molar-refractivity contribution in [2.45, 2.75) is 39.2 Å². The second kappa shape index (κ2) is 7.79. The van der Waals surface area contributed by atoms with Gasteiger partial charge in [-0.3, -0.25) is 4.79 Å². The van der Waals surface area contributed by atoms with E-state index in [1.54, 1.807) is 12.1 Å². The Hall–Kier alpha value is -1.55. The van der Waals surface area contributed by atoms with Crippen molar-refractivity contribution in [3.8, 4) is 0 Å². The van der Waals surface area contributed by atoms with Crippen molar-refractivity contribution < 1.29 is 4.79 Å². The summed E-state index contributed by atoms with van der Waals surface area (Å²) in [4.78, 5) is 14.0. The van der Waals surface area contributed by atoms with Crippen LogP contribution in [0.25, 0.3) is 0 Å². The first-order valence-corrected chi connectivity index (χ1v) is 6.88. The summed E-state index contributed by atoms with van der Waals surface area (Å²) in [7, 11) is 2.07. The van der Waals surface area contributed by atoms with Crippen LogP contribution < -0.4 is 11.1 Å². The van der Waals surface area contributed by atoms with Gasteiger partial charge in [0.25, 0.3) is 0 Å². The van der Waals surface area contributed by atoms with E-state index >= 15 is 0 Å². The molecule has 1 aromatic rings. The van der Waals surface area contributed by atoms with Gasteiger partial charge >= 0.3 is 0 Å². The highest BCUT2D eigenvalue weighted by atomic mass is 16.1. The van der Waals surface area contributed by atoms with E-state index in [1.165, 1.54) is 6.42 Å². The minimum Gasteiger partial charge on any atom is -0.399 e. The van der Waals surface area contributed by atoms with Gasteiger partial charge in [-0.05, 0) is 44.7 Å². The quantitative estimate of drug-likeness (QED) is 0.744. The lowest BCUT2D eigenvalue weighted by Crippen LogP contribution is -2.31. The van der Waals surface area contributed by atoms with Crippen molar-refractivity contribution in [3.63, 3.8) is 0 Å². The molecule has 0 aliphatic heterocycles. The van der Waals surface area contributed by atoms with E-state index < -0.39 is 0 Å². The molecule has 0 heterocycles. The molecule has 19 heavy (non-hydrogen) atoms. The van der Waals surface area contributed by atoms with Crippen LogP contribution in [0, 0.1) is 0 Å². The maximum atomic E-state index is 11.8. The molecule has 0 radical (unpaired) electrons. The lowest BCUT2D eigenvalue weighted by molar-refractivity contribution is -0.116. The molecule has 1 atom stereocenters. The summed E-state index contributed by atoms with van der Waals surface area (Å²) in [5.74, 6) is 0.0420. The third kappa shape index (κ3) is 5.75. The molecule has 0 saturated heterocycles. The van der Waals surface area contributed by atoms with Crippen LogP contribution >= 0.6 is 0 Å². The van der Waals surface area contributed by atoms with Crippen LogP contribution in [0.3, 0.4) is 0 Å². The number of anilines is 2. The van der Waals surface area contributed by atoms with Crippen molar-refractivity contribution in [2.75, 3.05) is 24.6 Å². The summed E-state index contributed by atoms with van der Waals surface area (Å²) < 4.78 is 0. The maximum absolute atomic E-state index is 11.8. The molecule has 0 aliphatic rings. The zero-order valence-electron chi connectivity index (χ0n) is 12.1. The third-order valence-electron chi connectivity index (χ3n) is 3.34. The van der Waals surface area contributed by atoms with Gasteiger partial charge in [-0.1, -0.05) is 13.3 Å². The predicted molar refractivity (Wildman–Crippen MR) is 81.1 cm³/mol. The van der Waals surface area contributed by atoms with Crippen molar-refractivity contribution in [2.24, 2.45) is 0 Å². The fourth-order valence-corrected chi connectivity index (χ4v) is 1.93. The Morgan fingerprint density at radius 3 is 2.58 bits per heavy atom. The highest BCUT2D eigenvalue weighted by Gasteiger charge is 2.10. The van der Waals surface area contributed by atoms with Gasteiger partial charge in [-0.2, -0.15) is 0 Å². The minimum atomic E-state index is 0.0420. The van der Waals surface area contributed by atoms with E-state index in [4.69, 9.17) is 5.73 Å². The minimum absolute atomic E-state index is 0.0420. The summed E-state index contributed by atoms with van der Waals surface area (Å²) >= 11 is 0. The summed E-state index contributed by atoms with van der Waals surface area (Å²) in [6.45, 7) is 5.15. The summed E-state index contributed by atoms with van der Waals surface area (Å²) in [5.41, 5.74) is 7.09. The molecular formula is C15H25N3O. The highest BCUT2D eigenvalue weighted by molar-refractivity contribution is 5.90. The molecule has 0 fully saturated rings. The molecule has 4 nitrogen and oxygen atoms in total. The number of nitrogen functional groups attached to an aromatic ring is 1. The van der Waals surface area contributed by atoms with Crippen LogP contribution in [0.1, 0.15) is 33.1 Å². The molecule has 3 N–H and O–H groups in total. The lowest BCUT2D eigenvalue weighted by Gasteiger charge is -2.23. The monoisotopic (exact) mass is 263 g/mol. The number of nitrogens with one attached hydrogen (secondary N) is 1. The Morgan fingerprint density at radius 2 is 2.00 bits per heavy atom. The maximum Gasteiger partial charge on any atom is 0.225 e. The Labute approximate surface area is 116 Å². The average Bonchev–Trinajstić information content (AvgIpc) is 2.39. The summed E-state index contributed by atoms with van der Waals surface area (Å²) in [5, 5.41) is 2.87. The number of amides is 1. The van der Waals surface area contributed by atoms with E-state index in [2.05, 4.69) is 31.1 Å². The van der Waals surface area contributed by atoms with E-state index in [0.29, 0.717) is 18.2 Å². The van der Waals surface area contributed by atoms with Gasteiger partial charge in [0.05, 0.1) is 0 Å². The Morgan fingerprint density at radius 1 is 1.37 bits per heavy atom. The smallest absolute Gasteiger partial charge is 0.225 e. The Bertz CT molecular complexity index is 389. The molecule has 1 amide bonds. The SMILES string of the molecule is CCCC(C)N(C)CCC(=O)Nc1ccc(N)cc1. The second-order valence-electron chi connectivity index (χ2n) is 5.04. The number of benzene rings is 1. The van der Waals surface area contributed by atoms with E-state index in [1.807, 2.05) is 12.1 Å². The van der Waals surface area contributed by atoms with Crippen LogP contribution in [0.5, 0.6) is 0 Å². The normalized spacial score (nSPS) is 12.4. The van der Waals surface area contributed by atoms with Crippen LogP contribution in [-0.4, -0.2) is 30.4 Å². The molecule has 4 heteroatoms. The topological polar surface area (TPSA) is 58.4 Å².